The topological polar surface area (TPSA) is 102 Å². The number of aryl methyl sites for hydroxylation is 1. The number of likely N-dealkylation sites (N-methyl/N-ethyl adjacent to an activating group) is 1. The Morgan fingerprint density at radius 2 is 2.12 bits per heavy atom. The number of tetrazole rings is 1. The van der Waals surface area contributed by atoms with Crippen LogP contribution < -0.4 is 5.32 Å². The molecule has 0 unspecified atom stereocenters. The van der Waals surface area contributed by atoms with Gasteiger partial charge in [0.25, 0.3) is 0 Å². The first-order valence-electron chi connectivity index (χ1n) is 7.81. The van der Waals surface area contributed by atoms with Crippen molar-refractivity contribution in [3.63, 3.8) is 0 Å². The van der Waals surface area contributed by atoms with Gasteiger partial charge in [0.15, 0.2) is 11.6 Å². The Hall–Kier alpha value is -3.07. The maximum Gasteiger partial charge on any atom is 0.239 e. The van der Waals surface area contributed by atoms with E-state index in [-0.39, 0.29) is 18.5 Å². The number of anilines is 1. The summed E-state index contributed by atoms with van der Waals surface area (Å²) in [6.07, 6.45) is 0. The van der Waals surface area contributed by atoms with Gasteiger partial charge in [-0.05, 0) is 43.5 Å². The lowest BCUT2D eigenvalue weighted by atomic mass is 10.2. The zero-order valence-corrected chi connectivity index (χ0v) is 14.2. The number of carbonyl (C=O) groups is 1. The van der Waals surface area contributed by atoms with Gasteiger partial charge in [-0.15, -0.1) is 5.10 Å². The smallest absolute Gasteiger partial charge is 0.239 e. The quantitative estimate of drug-likeness (QED) is 0.726. The molecule has 130 valence electrons. The van der Waals surface area contributed by atoms with E-state index in [1.807, 2.05) is 49.2 Å². The van der Waals surface area contributed by atoms with Crippen molar-refractivity contribution in [1.29, 1.82) is 0 Å². The monoisotopic (exact) mass is 341 g/mol. The lowest BCUT2D eigenvalue weighted by Crippen LogP contribution is -2.33. The third-order valence-corrected chi connectivity index (χ3v) is 3.82. The Kier molecular flexibility index (Phi) is 4.85. The van der Waals surface area contributed by atoms with E-state index in [4.69, 9.17) is 4.52 Å². The molecular weight excluding hydrogens is 322 g/mol. The van der Waals surface area contributed by atoms with Crippen LogP contribution in [-0.4, -0.2) is 49.8 Å². The van der Waals surface area contributed by atoms with Gasteiger partial charge in [0, 0.05) is 6.07 Å². The predicted octanol–water partition coefficient (Wildman–Crippen LogP) is 1.59. The molecule has 0 saturated heterocycles. The van der Waals surface area contributed by atoms with E-state index < -0.39 is 0 Å². The van der Waals surface area contributed by atoms with E-state index in [0.29, 0.717) is 17.4 Å². The van der Waals surface area contributed by atoms with Crippen LogP contribution in [0.15, 0.2) is 40.9 Å². The minimum atomic E-state index is -0.193. The molecule has 0 fully saturated rings. The molecule has 0 aliphatic heterocycles. The van der Waals surface area contributed by atoms with Crippen molar-refractivity contribution in [3.8, 4) is 5.69 Å². The van der Waals surface area contributed by atoms with Crippen LogP contribution in [0.4, 0.5) is 5.82 Å². The highest BCUT2D eigenvalue weighted by Gasteiger charge is 2.21. The van der Waals surface area contributed by atoms with Gasteiger partial charge in [0.1, 0.15) is 5.76 Å². The first-order valence-corrected chi connectivity index (χ1v) is 7.81. The number of nitrogens with zero attached hydrogens (tertiary/aromatic N) is 6. The molecule has 3 rings (SSSR count). The minimum Gasteiger partial charge on any atom is -0.360 e. The van der Waals surface area contributed by atoms with E-state index in [0.717, 1.165) is 5.69 Å². The van der Waals surface area contributed by atoms with Crippen molar-refractivity contribution in [2.45, 2.75) is 19.9 Å². The molecule has 9 nitrogen and oxygen atoms in total. The maximum absolute atomic E-state index is 12.2. The van der Waals surface area contributed by atoms with Crippen LogP contribution in [0.5, 0.6) is 0 Å². The van der Waals surface area contributed by atoms with Crippen molar-refractivity contribution in [3.05, 3.63) is 48.0 Å². The van der Waals surface area contributed by atoms with Crippen molar-refractivity contribution in [1.82, 2.24) is 30.3 Å². The SMILES string of the molecule is Cc1cc(NC(=O)CN(C)[C@H](C)c2nnnn2-c2ccccc2)no1. The first-order chi connectivity index (χ1) is 12.0. The van der Waals surface area contributed by atoms with Crippen LogP contribution in [-0.2, 0) is 4.79 Å². The molecule has 0 spiro atoms. The Morgan fingerprint density at radius 3 is 2.80 bits per heavy atom. The molecule has 9 heteroatoms. The molecule has 1 N–H and O–H groups in total. The summed E-state index contributed by atoms with van der Waals surface area (Å²) in [5.41, 5.74) is 0.866. The van der Waals surface area contributed by atoms with Gasteiger partial charge in [-0.3, -0.25) is 9.69 Å². The highest BCUT2D eigenvalue weighted by Crippen LogP contribution is 2.18. The number of para-hydroxylation sites is 1. The van der Waals surface area contributed by atoms with Crippen molar-refractivity contribution < 1.29 is 9.32 Å². The Balaban J connectivity index is 1.68. The van der Waals surface area contributed by atoms with Crippen LogP contribution >= 0.6 is 0 Å². The summed E-state index contributed by atoms with van der Waals surface area (Å²) < 4.78 is 6.60. The van der Waals surface area contributed by atoms with Gasteiger partial charge in [-0.25, -0.2) is 0 Å². The number of nitrogens with one attached hydrogen (secondary N) is 1. The fourth-order valence-electron chi connectivity index (χ4n) is 2.38. The predicted molar refractivity (Wildman–Crippen MR) is 90.1 cm³/mol. The van der Waals surface area contributed by atoms with Crippen LogP contribution in [0.25, 0.3) is 5.69 Å². The molecule has 3 aromatic rings. The maximum atomic E-state index is 12.2. The number of rotatable bonds is 6. The molecule has 0 aliphatic carbocycles. The van der Waals surface area contributed by atoms with Gasteiger partial charge in [0.2, 0.25) is 5.91 Å². The van der Waals surface area contributed by atoms with E-state index >= 15 is 0 Å². The Labute approximate surface area is 144 Å². The minimum absolute atomic E-state index is 0.161. The van der Waals surface area contributed by atoms with E-state index in [1.165, 1.54) is 0 Å². The van der Waals surface area contributed by atoms with E-state index in [1.54, 1.807) is 17.7 Å². The summed E-state index contributed by atoms with van der Waals surface area (Å²) in [5, 5.41) is 18.4. The summed E-state index contributed by atoms with van der Waals surface area (Å²) in [5.74, 6) is 1.50. The highest BCUT2D eigenvalue weighted by molar-refractivity contribution is 5.91. The summed E-state index contributed by atoms with van der Waals surface area (Å²) in [7, 11) is 1.84. The number of hydrogen-bond acceptors (Lipinski definition) is 7. The number of benzene rings is 1. The third kappa shape index (κ3) is 3.89. The number of amides is 1. The molecule has 2 heterocycles. The van der Waals surface area contributed by atoms with Crippen molar-refractivity contribution >= 4 is 11.7 Å². The average molecular weight is 341 g/mol. The van der Waals surface area contributed by atoms with Crippen LogP contribution in [0.2, 0.25) is 0 Å². The largest absolute Gasteiger partial charge is 0.360 e. The fourth-order valence-corrected chi connectivity index (χ4v) is 2.38. The molecule has 0 aliphatic rings. The molecule has 1 aromatic carbocycles. The van der Waals surface area contributed by atoms with Crippen molar-refractivity contribution in [2.75, 3.05) is 18.9 Å². The molecule has 1 atom stereocenters. The van der Waals surface area contributed by atoms with Gasteiger partial charge in [0.05, 0.1) is 18.3 Å². The number of aromatic nitrogens is 5. The molecular formula is C16H19N7O2. The second-order valence-corrected chi connectivity index (χ2v) is 5.75. The van der Waals surface area contributed by atoms with Gasteiger partial charge >= 0.3 is 0 Å². The molecule has 0 bridgehead atoms. The first kappa shape index (κ1) is 16.8. The summed E-state index contributed by atoms with van der Waals surface area (Å²) in [4.78, 5) is 14.0. The molecule has 0 saturated carbocycles. The van der Waals surface area contributed by atoms with Crippen molar-refractivity contribution in [2.24, 2.45) is 0 Å². The van der Waals surface area contributed by atoms with Crippen LogP contribution in [0.3, 0.4) is 0 Å². The summed E-state index contributed by atoms with van der Waals surface area (Å²) in [6, 6.07) is 11.1. The van der Waals surface area contributed by atoms with Gasteiger partial charge in [-0.2, -0.15) is 4.68 Å². The number of carbonyl (C=O) groups excluding carboxylic acids is 1. The lowest BCUT2D eigenvalue weighted by Gasteiger charge is -2.22. The van der Waals surface area contributed by atoms with E-state index in [9.17, 15) is 4.79 Å². The average Bonchev–Trinajstić information content (AvgIpc) is 3.24. The normalized spacial score (nSPS) is 12.3. The highest BCUT2D eigenvalue weighted by atomic mass is 16.5. The zero-order valence-electron chi connectivity index (χ0n) is 14.2. The molecule has 25 heavy (non-hydrogen) atoms. The Bertz CT molecular complexity index is 843. The second kappa shape index (κ2) is 7.22. The van der Waals surface area contributed by atoms with Gasteiger partial charge < -0.3 is 9.84 Å². The van der Waals surface area contributed by atoms with E-state index in [2.05, 4.69) is 26.0 Å². The van der Waals surface area contributed by atoms with Crippen LogP contribution in [0.1, 0.15) is 24.6 Å². The Morgan fingerprint density at radius 1 is 1.36 bits per heavy atom. The molecule has 0 radical (unpaired) electrons. The third-order valence-electron chi connectivity index (χ3n) is 3.82. The second-order valence-electron chi connectivity index (χ2n) is 5.75. The fraction of sp³-hybridized carbons (Fsp3) is 0.312. The lowest BCUT2D eigenvalue weighted by molar-refractivity contribution is -0.117. The summed E-state index contributed by atoms with van der Waals surface area (Å²) in [6.45, 7) is 3.87. The van der Waals surface area contributed by atoms with Gasteiger partial charge in [-0.1, -0.05) is 23.4 Å². The standard InChI is InChI=1S/C16H19N7O2/c1-11-9-14(19-25-11)17-15(24)10-22(3)12(2)16-18-20-21-23(16)13-7-5-4-6-8-13/h4-9,12H,10H2,1-3H3,(H,17,19,24)/t12-/m1/s1. The zero-order chi connectivity index (χ0) is 17.8. The summed E-state index contributed by atoms with van der Waals surface area (Å²) >= 11 is 0. The molecule has 1 amide bonds. The van der Waals surface area contributed by atoms with Crippen LogP contribution in [0, 0.1) is 6.92 Å². The number of hydrogen-bond donors (Lipinski definition) is 1. The molecule has 2 aromatic heterocycles.